The maximum atomic E-state index is 12.1. The van der Waals surface area contributed by atoms with E-state index in [-0.39, 0.29) is 42.4 Å². The number of benzene rings is 1. The molecule has 0 spiro atoms. The molecule has 1 aliphatic heterocycles. The molecule has 1 aromatic carbocycles. The number of aromatic carboxylic acids is 1. The summed E-state index contributed by atoms with van der Waals surface area (Å²) in [5.41, 5.74) is 0.371. The lowest BCUT2D eigenvalue weighted by molar-refractivity contribution is -0.137. The fraction of sp³-hybridized carbons (Fsp3) is 0.312. The molecule has 1 unspecified atom stereocenters. The third-order valence-electron chi connectivity index (χ3n) is 3.19. The molecule has 1 N–H and O–H groups in total. The van der Waals surface area contributed by atoms with E-state index in [0.29, 0.717) is 6.61 Å². The highest BCUT2D eigenvalue weighted by atomic mass is 16.6. The lowest BCUT2D eigenvalue weighted by atomic mass is 9.98. The normalized spacial score (nSPS) is 15.6. The van der Waals surface area contributed by atoms with Crippen molar-refractivity contribution in [2.45, 2.75) is 12.5 Å². The van der Waals surface area contributed by atoms with Gasteiger partial charge in [-0.2, -0.15) is 0 Å². The third kappa shape index (κ3) is 4.65. The number of carboxylic acid groups (broad SMARTS) is 1. The average molecular weight is 320 g/mol. The minimum Gasteiger partial charge on any atom is -0.478 e. The van der Waals surface area contributed by atoms with Crippen LogP contribution in [0.15, 0.2) is 30.9 Å². The van der Waals surface area contributed by atoms with Gasteiger partial charge in [0.05, 0.1) is 24.3 Å². The Bertz CT molecular complexity index is 631. The molecule has 1 fully saturated rings. The Hall–Kier alpha value is -2.67. The number of carbonyl (C=O) groups is 3. The number of esters is 2. The molecule has 1 heterocycles. The summed E-state index contributed by atoms with van der Waals surface area (Å²) in [6.07, 6.45) is 0.999. The summed E-state index contributed by atoms with van der Waals surface area (Å²) < 4.78 is 14.9. The van der Waals surface area contributed by atoms with E-state index in [1.807, 2.05) is 0 Å². The molecule has 1 aliphatic rings. The van der Waals surface area contributed by atoms with Gasteiger partial charge in [-0.1, -0.05) is 12.6 Å². The zero-order chi connectivity index (χ0) is 16.8. The standard InChI is InChI=1S/C16H16O7/c1-2-14(17)21-7-6-11-12(15(18)19)4-3-5-13(11)16(20)23-9-10-8-22-10/h2-5,10H,1,6-9H2,(H,18,19). The van der Waals surface area contributed by atoms with Crippen LogP contribution in [0.2, 0.25) is 0 Å². The van der Waals surface area contributed by atoms with E-state index in [2.05, 4.69) is 6.58 Å². The minimum absolute atomic E-state index is 0.0308. The van der Waals surface area contributed by atoms with Crippen LogP contribution in [-0.4, -0.2) is 48.9 Å². The highest BCUT2D eigenvalue weighted by Crippen LogP contribution is 2.19. The fourth-order valence-electron chi connectivity index (χ4n) is 1.97. The lowest BCUT2D eigenvalue weighted by Crippen LogP contribution is -2.16. The first-order valence-electron chi connectivity index (χ1n) is 6.96. The number of ether oxygens (including phenoxy) is 3. The molecule has 122 valence electrons. The smallest absolute Gasteiger partial charge is 0.338 e. The number of hydrogen-bond donors (Lipinski definition) is 1. The van der Waals surface area contributed by atoms with E-state index < -0.39 is 17.9 Å². The molecule has 23 heavy (non-hydrogen) atoms. The summed E-state index contributed by atoms with van der Waals surface area (Å²) in [5, 5.41) is 9.26. The molecular weight excluding hydrogens is 304 g/mol. The van der Waals surface area contributed by atoms with Crippen LogP contribution >= 0.6 is 0 Å². The first kappa shape index (κ1) is 16.7. The van der Waals surface area contributed by atoms with Crippen LogP contribution in [-0.2, 0) is 25.4 Å². The molecule has 0 radical (unpaired) electrons. The maximum Gasteiger partial charge on any atom is 0.338 e. The van der Waals surface area contributed by atoms with Gasteiger partial charge in [-0.25, -0.2) is 14.4 Å². The van der Waals surface area contributed by atoms with Gasteiger partial charge < -0.3 is 19.3 Å². The van der Waals surface area contributed by atoms with E-state index in [1.54, 1.807) is 0 Å². The van der Waals surface area contributed by atoms with Gasteiger partial charge in [-0.15, -0.1) is 0 Å². The van der Waals surface area contributed by atoms with Gasteiger partial charge >= 0.3 is 17.9 Å². The van der Waals surface area contributed by atoms with E-state index in [4.69, 9.17) is 14.2 Å². The summed E-state index contributed by atoms with van der Waals surface area (Å²) in [4.78, 5) is 34.5. The highest BCUT2D eigenvalue weighted by Gasteiger charge is 2.26. The number of epoxide rings is 1. The summed E-state index contributed by atoms with van der Waals surface area (Å²) >= 11 is 0. The molecule has 0 aliphatic carbocycles. The summed E-state index contributed by atoms with van der Waals surface area (Å²) in [7, 11) is 0. The Morgan fingerprint density at radius 3 is 2.61 bits per heavy atom. The Balaban J connectivity index is 2.15. The largest absolute Gasteiger partial charge is 0.478 e. The van der Waals surface area contributed by atoms with Crippen molar-refractivity contribution in [2.24, 2.45) is 0 Å². The minimum atomic E-state index is -1.17. The van der Waals surface area contributed by atoms with Gasteiger partial charge in [0.1, 0.15) is 12.7 Å². The maximum absolute atomic E-state index is 12.1. The number of rotatable bonds is 8. The Kier molecular flexibility index (Phi) is 5.48. The molecule has 0 aromatic heterocycles. The summed E-state index contributed by atoms with van der Waals surface area (Å²) in [5.74, 6) is -2.42. The van der Waals surface area contributed by atoms with Crippen molar-refractivity contribution < 1.29 is 33.7 Å². The van der Waals surface area contributed by atoms with Gasteiger partial charge in [0.2, 0.25) is 0 Å². The van der Waals surface area contributed by atoms with Crippen molar-refractivity contribution in [3.05, 3.63) is 47.5 Å². The van der Waals surface area contributed by atoms with Crippen LogP contribution in [0.1, 0.15) is 26.3 Å². The van der Waals surface area contributed by atoms with Crippen LogP contribution in [0.5, 0.6) is 0 Å². The van der Waals surface area contributed by atoms with E-state index >= 15 is 0 Å². The quantitative estimate of drug-likeness (QED) is 0.436. The van der Waals surface area contributed by atoms with Crippen LogP contribution in [0.4, 0.5) is 0 Å². The van der Waals surface area contributed by atoms with E-state index in [9.17, 15) is 19.5 Å². The van der Waals surface area contributed by atoms with Gasteiger partial charge in [0.15, 0.2) is 0 Å². The number of carboxylic acids is 1. The second-order valence-corrected chi connectivity index (χ2v) is 4.81. The molecule has 1 atom stereocenters. The lowest BCUT2D eigenvalue weighted by Gasteiger charge is -2.12. The molecule has 2 rings (SSSR count). The predicted molar refractivity (Wildman–Crippen MR) is 78.3 cm³/mol. The van der Waals surface area contributed by atoms with Crippen molar-refractivity contribution in [3.8, 4) is 0 Å². The third-order valence-corrected chi connectivity index (χ3v) is 3.19. The summed E-state index contributed by atoms with van der Waals surface area (Å²) in [6.45, 7) is 3.88. The van der Waals surface area contributed by atoms with Gasteiger partial charge in [-0.05, 0) is 17.7 Å². The van der Waals surface area contributed by atoms with Crippen LogP contribution in [0.3, 0.4) is 0 Å². The second-order valence-electron chi connectivity index (χ2n) is 4.81. The molecule has 0 saturated carbocycles. The van der Waals surface area contributed by atoms with E-state index in [0.717, 1.165) is 6.08 Å². The Labute approximate surface area is 132 Å². The fourth-order valence-corrected chi connectivity index (χ4v) is 1.97. The monoisotopic (exact) mass is 320 g/mol. The molecule has 1 aromatic rings. The first-order valence-corrected chi connectivity index (χ1v) is 6.96. The van der Waals surface area contributed by atoms with Crippen molar-refractivity contribution in [1.29, 1.82) is 0 Å². The molecule has 7 heteroatoms. The average Bonchev–Trinajstić information content (AvgIpc) is 3.36. The predicted octanol–water partition coefficient (Wildman–Crippen LogP) is 1.21. The molecule has 1 saturated heterocycles. The van der Waals surface area contributed by atoms with Crippen molar-refractivity contribution in [2.75, 3.05) is 19.8 Å². The highest BCUT2D eigenvalue weighted by molar-refractivity contribution is 5.97. The Morgan fingerprint density at radius 1 is 1.30 bits per heavy atom. The van der Waals surface area contributed by atoms with Crippen molar-refractivity contribution in [3.63, 3.8) is 0 Å². The summed E-state index contributed by atoms with van der Waals surface area (Å²) in [6, 6.07) is 4.33. The van der Waals surface area contributed by atoms with Crippen LogP contribution in [0, 0.1) is 0 Å². The first-order chi connectivity index (χ1) is 11.0. The van der Waals surface area contributed by atoms with Crippen molar-refractivity contribution >= 4 is 17.9 Å². The topological polar surface area (TPSA) is 102 Å². The number of hydrogen-bond acceptors (Lipinski definition) is 6. The van der Waals surface area contributed by atoms with Gasteiger partial charge in [0, 0.05) is 12.5 Å². The van der Waals surface area contributed by atoms with Crippen molar-refractivity contribution in [1.82, 2.24) is 0 Å². The SMILES string of the molecule is C=CC(=O)OCCc1c(C(=O)O)cccc1C(=O)OCC1CO1. The van der Waals surface area contributed by atoms with Crippen LogP contribution < -0.4 is 0 Å². The zero-order valence-corrected chi connectivity index (χ0v) is 12.3. The molecule has 7 nitrogen and oxygen atoms in total. The van der Waals surface area contributed by atoms with Crippen LogP contribution in [0.25, 0.3) is 0 Å². The second kappa shape index (κ2) is 7.55. The van der Waals surface area contributed by atoms with Gasteiger partial charge in [0.25, 0.3) is 0 Å². The molecule has 0 amide bonds. The Morgan fingerprint density at radius 2 is 2.00 bits per heavy atom. The molecule has 0 bridgehead atoms. The van der Waals surface area contributed by atoms with Gasteiger partial charge in [-0.3, -0.25) is 0 Å². The zero-order valence-electron chi connectivity index (χ0n) is 12.3. The number of carbonyl (C=O) groups excluding carboxylic acids is 2. The van der Waals surface area contributed by atoms with E-state index in [1.165, 1.54) is 18.2 Å². The molecular formula is C16H16O7.